The number of hydrogen-bond donors (Lipinski definition) is 9. The molecular weight excluding hydrogens is 509 g/mol. The molecule has 10 nitrogen and oxygen atoms in total. The molecule has 0 aliphatic carbocycles. The highest BCUT2D eigenvalue weighted by atomic mass is 31.2. The minimum absolute atomic E-state index is 1.00. The van der Waals surface area contributed by atoms with E-state index in [0.29, 0.717) is 0 Å². The van der Waals surface area contributed by atoms with Crippen molar-refractivity contribution in [3.63, 3.8) is 0 Å². The molecule has 0 saturated carbocycles. The first-order valence-corrected chi connectivity index (χ1v) is 16.1. The van der Waals surface area contributed by atoms with Gasteiger partial charge < -0.3 is 46.0 Å². The van der Waals surface area contributed by atoms with Crippen molar-refractivity contribution in [1.29, 1.82) is 0 Å². The lowest BCUT2D eigenvalue weighted by molar-refractivity contribution is 0.275. The van der Waals surface area contributed by atoms with E-state index in [9.17, 15) is 0 Å². The maximum absolute atomic E-state index is 8.88. The van der Waals surface area contributed by atoms with Crippen molar-refractivity contribution < 1.29 is 34.6 Å². The van der Waals surface area contributed by atoms with Gasteiger partial charge in [0, 0.05) is 21.3 Å². The van der Waals surface area contributed by atoms with Crippen LogP contribution < -0.4 is 16.0 Å². The van der Waals surface area contributed by atoms with Crippen molar-refractivity contribution in [1.82, 2.24) is 16.0 Å². The average molecular weight is 582 g/mol. The molecule has 0 fully saturated rings. The maximum atomic E-state index is 8.88. The molecule has 0 atom stereocenters. The molecule has 0 aromatic carbocycles. The third kappa shape index (κ3) is 137. The van der Waals surface area contributed by atoms with Gasteiger partial charge in [0.2, 0.25) is 0 Å². The molecule has 0 bridgehead atoms. The summed E-state index contributed by atoms with van der Waals surface area (Å²) in [7, 11) is -1.64. The van der Waals surface area contributed by atoms with E-state index < -0.39 is 7.82 Å². The van der Waals surface area contributed by atoms with Gasteiger partial charge in [0.1, 0.15) is 0 Å². The molecule has 38 heavy (non-hydrogen) atoms. The van der Waals surface area contributed by atoms with Crippen LogP contribution in [0.1, 0.15) is 119 Å². The maximum Gasteiger partial charge on any atom is 0.466 e. The van der Waals surface area contributed by atoms with E-state index in [0.717, 1.165) is 21.3 Å². The first kappa shape index (κ1) is 54.0. The Balaban J connectivity index is -0.0000000640. The molecule has 0 heterocycles. The summed E-state index contributed by atoms with van der Waals surface area (Å²) in [6, 6.07) is 0. The molecule has 0 rings (SSSR count). The summed E-state index contributed by atoms with van der Waals surface area (Å²) in [6.07, 6.45) is 15.8. The van der Waals surface area contributed by atoms with Gasteiger partial charge in [-0.05, 0) is 77.8 Å². The molecule has 0 spiro atoms. The largest absolute Gasteiger partial charge is 0.466 e. The third-order valence-electron chi connectivity index (χ3n) is 4.24. The Morgan fingerprint density at radius 2 is 0.500 bits per heavy atom. The minimum atomic E-state index is -4.64. The Kier molecular flexibility index (Phi) is 93.4. The number of aliphatic hydroxyl groups is 3. The standard InChI is InChI=1S/3C8H19N.3CH4O.H3O4P/c3*1-3-5-7-9-8-6-4-2;3*1-2;1-5(2,3)4/h3*9H,3-8H2,1-2H3;3*2H,1H3;(H3,1,2,3,4). The SMILES string of the molecule is CCCCNCCCC.CCCCNCCCC.CCCCNCCCC.CO.CO.CO.O=P(O)(O)O. The van der Waals surface area contributed by atoms with Crippen LogP contribution in [0.3, 0.4) is 0 Å². The van der Waals surface area contributed by atoms with E-state index >= 15 is 0 Å². The van der Waals surface area contributed by atoms with Gasteiger partial charge in [0.05, 0.1) is 0 Å². The summed E-state index contributed by atoms with van der Waals surface area (Å²) >= 11 is 0. The van der Waals surface area contributed by atoms with Crippen molar-refractivity contribution in [3.05, 3.63) is 0 Å². The number of hydrogen-bond acceptors (Lipinski definition) is 7. The fourth-order valence-electron chi connectivity index (χ4n) is 2.19. The van der Waals surface area contributed by atoms with Crippen LogP contribution in [-0.2, 0) is 4.57 Å². The lowest BCUT2D eigenvalue weighted by Gasteiger charge is -1.99. The quantitative estimate of drug-likeness (QED) is 0.0832. The lowest BCUT2D eigenvalue weighted by atomic mass is 10.3. The first-order chi connectivity index (χ1) is 18.2. The number of aliphatic hydroxyl groups excluding tert-OH is 3. The van der Waals surface area contributed by atoms with Crippen LogP contribution in [0.25, 0.3) is 0 Å². The minimum Gasteiger partial charge on any atom is -0.400 e. The van der Waals surface area contributed by atoms with Crippen LogP contribution in [0.2, 0.25) is 0 Å². The Bertz CT molecular complexity index is 282. The molecule has 0 aliphatic rings. The zero-order valence-corrected chi connectivity index (χ0v) is 27.7. The Labute approximate surface area is 237 Å². The van der Waals surface area contributed by atoms with Gasteiger partial charge >= 0.3 is 7.82 Å². The summed E-state index contributed by atoms with van der Waals surface area (Å²) in [5.74, 6) is 0. The second-order valence-corrected chi connectivity index (χ2v) is 8.91. The number of unbranched alkanes of at least 4 members (excludes halogenated alkanes) is 6. The highest BCUT2D eigenvalue weighted by molar-refractivity contribution is 7.45. The molecule has 242 valence electrons. The average Bonchev–Trinajstić information content (AvgIpc) is 2.92. The second kappa shape index (κ2) is 65.7. The van der Waals surface area contributed by atoms with Crippen LogP contribution in [0.15, 0.2) is 0 Å². The normalized spacial score (nSPS) is 9.13. The predicted molar refractivity (Wildman–Crippen MR) is 167 cm³/mol. The molecular formula is C27H72N3O7P. The predicted octanol–water partition coefficient (Wildman–Crippen LogP) is 4.43. The molecule has 0 saturated heterocycles. The number of nitrogens with one attached hydrogen (secondary N) is 3. The van der Waals surface area contributed by atoms with Gasteiger partial charge in [0.15, 0.2) is 0 Å². The van der Waals surface area contributed by atoms with Crippen LogP contribution in [0, 0.1) is 0 Å². The Hall–Kier alpha value is -0.130. The molecule has 0 aliphatic heterocycles. The zero-order valence-electron chi connectivity index (χ0n) is 26.8. The zero-order chi connectivity index (χ0) is 31.3. The number of phosphoric acid groups is 1. The van der Waals surface area contributed by atoms with Gasteiger partial charge in [-0.15, -0.1) is 0 Å². The van der Waals surface area contributed by atoms with E-state index in [4.69, 9.17) is 34.6 Å². The molecule has 9 N–H and O–H groups in total. The van der Waals surface area contributed by atoms with E-state index in [2.05, 4.69) is 57.5 Å². The van der Waals surface area contributed by atoms with Crippen LogP contribution in [-0.4, -0.2) is 90.6 Å². The summed E-state index contributed by atoms with van der Waals surface area (Å²) in [6.45, 7) is 20.6. The first-order valence-electron chi connectivity index (χ1n) is 14.5. The van der Waals surface area contributed by atoms with Crippen molar-refractivity contribution in [3.8, 4) is 0 Å². The van der Waals surface area contributed by atoms with E-state index in [1.807, 2.05) is 0 Å². The van der Waals surface area contributed by atoms with Crippen molar-refractivity contribution >= 4 is 7.82 Å². The van der Waals surface area contributed by atoms with E-state index in [1.54, 1.807) is 0 Å². The van der Waals surface area contributed by atoms with Gasteiger partial charge in [-0.2, -0.15) is 0 Å². The van der Waals surface area contributed by atoms with Gasteiger partial charge in [0.25, 0.3) is 0 Å². The highest BCUT2D eigenvalue weighted by Gasteiger charge is 2.00. The topological polar surface area (TPSA) is 175 Å². The highest BCUT2D eigenvalue weighted by Crippen LogP contribution is 2.25. The van der Waals surface area contributed by atoms with Crippen LogP contribution in [0.5, 0.6) is 0 Å². The Morgan fingerprint density at radius 1 is 0.395 bits per heavy atom. The summed E-state index contributed by atoms with van der Waals surface area (Å²) in [4.78, 5) is 21.6. The summed E-state index contributed by atoms with van der Waals surface area (Å²) < 4.78 is 8.88. The second-order valence-electron chi connectivity index (χ2n) is 7.88. The molecule has 0 aromatic rings. The van der Waals surface area contributed by atoms with Gasteiger partial charge in [-0.25, -0.2) is 4.57 Å². The summed E-state index contributed by atoms with van der Waals surface area (Å²) in [5, 5.41) is 31.2. The third-order valence-corrected chi connectivity index (χ3v) is 4.24. The van der Waals surface area contributed by atoms with Crippen LogP contribution in [0.4, 0.5) is 0 Å². The molecule has 0 amide bonds. The van der Waals surface area contributed by atoms with Crippen molar-refractivity contribution in [2.75, 3.05) is 60.6 Å². The molecule has 0 aromatic heterocycles. The molecule has 0 unspecified atom stereocenters. The van der Waals surface area contributed by atoms with E-state index in [1.165, 1.54) is 116 Å². The molecule has 0 radical (unpaired) electrons. The number of rotatable bonds is 18. The van der Waals surface area contributed by atoms with Crippen molar-refractivity contribution in [2.45, 2.75) is 119 Å². The smallest absolute Gasteiger partial charge is 0.400 e. The molecule has 11 heteroatoms. The Morgan fingerprint density at radius 3 is 0.579 bits per heavy atom. The lowest BCUT2D eigenvalue weighted by Crippen LogP contribution is -2.15. The summed E-state index contributed by atoms with van der Waals surface area (Å²) in [5.41, 5.74) is 0. The fraction of sp³-hybridized carbons (Fsp3) is 1.00. The fourth-order valence-corrected chi connectivity index (χ4v) is 2.19. The van der Waals surface area contributed by atoms with Crippen molar-refractivity contribution in [2.24, 2.45) is 0 Å². The monoisotopic (exact) mass is 582 g/mol. The van der Waals surface area contributed by atoms with Crippen LogP contribution >= 0.6 is 7.82 Å². The van der Waals surface area contributed by atoms with Gasteiger partial charge in [-0.1, -0.05) is 80.1 Å². The van der Waals surface area contributed by atoms with E-state index in [-0.39, 0.29) is 0 Å². The van der Waals surface area contributed by atoms with Gasteiger partial charge in [-0.3, -0.25) is 0 Å².